The summed E-state index contributed by atoms with van der Waals surface area (Å²) in [5.41, 5.74) is 1.53. The first-order valence-electron chi connectivity index (χ1n) is 11.7. The number of ether oxygens (including phenoxy) is 2. The second-order valence-electron chi connectivity index (χ2n) is 8.18. The number of sulfonamides is 1. The molecule has 34 heavy (non-hydrogen) atoms. The van der Waals surface area contributed by atoms with Gasteiger partial charge < -0.3 is 14.4 Å². The van der Waals surface area contributed by atoms with E-state index < -0.39 is 10.0 Å². The van der Waals surface area contributed by atoms with Gasteiger partial charge >= 0.3 is 0 Å². The van der Waals surface area contributed by atoms with E-state index in [-0.39, 0.29) is 16.4 Å². The number of hydrogen-bond acceptors (Lipinski definition) is 6. The zero-order valence-corrected chi connectivity index (χ0v) is 21.3. The molecule has 0 spiro atoms. The van der Waals surface area contributed by atoms with Crippen molar-refractivity contribution in [3.63, 3.8) is 0 Å². The smallest absolute Gasteiger partial charge is 0.257 e. The summed E-state index contributed by atoms with van der Waals surface area (Å²) in [5, 5.41) is 0. The number of carbonyl (C=O) groups is 1. The Kier molecular flexibility index (Phi) is 8.93. The quantitative estimate of drug-likeness (QED) is 0.511. The third kappa shape index (κ3) is 5.89. The Morgan fingerprint density at radius 2 is 1.59 bits per heavy atom. The third-order valence-electron chi connectivity index (χ3n) is 6.28. The van der Waals surface area contributed by atoms with Crippen LogP contribution in [0.1, 0.15) is 29.8 Å². The maximum Gasteiger partial charge on any atom is 0.257 e. The maximum absolute atomic E-state index is 13.3. The van der Waals surface area contributed by atoms with Crippen molar-refractivity contribution in [1.29, 1.82) is 0 Å². The van der Waals surface area contributed by atoms with Gasteiger partial charge in [-0.2, -0.15) is 4.31 Å². The first kappa shape index (κ1) is 26.0. The van der Waals surface area contributed by atoms with E-state index in [9.17, 15) is 13.2 Å². The van der Waals surface area contributed by atoms with E-state index in [1.807, 2.05) is 12.1 Å². The Bertz CT molecular complexity index is 1060. The summed E-state index contributed by atoms with van der Waals surface area (Å²) in [4.78, 5) is 17.5. The average molecular weight is 490 g/mol. The zero-order chi connectivity index (χ0) is 24.7. The summed E-state index contributed by atoms with van der Waals surface area (Å²) in [6.07, 6.45) is 0.928. The van der Waals surface area contributed by atoms with E-state index >= 15 is 0 Å². The minimum absolute atomic E-state index is 0.110. The molecule has 3 rings (SSSR count). The number of nitrogens with zero attached hydrogens (tertiary/aromatic N) is 3. The van der Waals surface area contributed by atoms with Crippen LogP contribution in [0.5, 0.6) is 11.5 Å². The molecule has 2 aromatic rings. The van der Waals surface area contributed by atoms with Crippen LogP contribution in [-0.2, 0) is 16.4 Å². The number of benzene rings is 2. The molecule has 0 N–H and O–H groups in total. The van der Waals surface area contributed by atoms with E-state index in [0.717, 1.165) is 31.8 Å². The van der Waals surface area contributed by atoms with Gasteiger partial charge in [-0.15, -0.1) is 0 Å². The van der Waals surface area contributed by atoms with Crippen molar-refractivity contribution in [1.82, 2.24) is 14.1 Å². The van der Waals surface area contributed by atoms with Gasteiger partial charge in [0.1, 0.15) is 11.5 Å². The lowest BCUT2D eigenvalue weighted by molar-refractivity contribution is 0.0635. The number of carbonyl (C=O) groups excluding carboxylic acids is 1. The fourth-order valence-electron chi connectivity index (χ4n) is 4.15. The highest BCUT2D eigenvalue weighted by molar-refractivity contribution is 7.89. The lowest BCUT2D eigenvalue weighted by Crippen LogP contribution is -2.49. The Labute approximate surface area is 203 Å². The van der Waals surface area contributed by atoms with E-state index in [0.29, 0.717) is 31.9 Å². The van der Waals surface area contributed by atoms with E-state index in [2.05, 4.69) is 17.0 Å². The number of piperazine rings is 1. The molecule has 1 aliphatic heterocycles. The summed E-state index contributed by atoms with van der Waals surface area (Å²) in [6, 6.07) is 12.6. The molecule has 1 heterocycles. The van der Waals surface area contributed by atoms with Crippen molar-refractivity contribution in [3.8, 4) is 11.5 Å². The van der Waals surface area contributed by atoms with Crippen LogP contribution in [0.2, 0.25) is 0 Å². The van der Waals surface area contributed by atoms with Crippen molar-refractivity contribution in [2.75, 3.05) is 60.0 Å². The van der Waals surface area contributed by atoms with Crippen molar-refractivity contribution < 1.29 is 22.7 Å². The highest BCUT2D eigenvalue weighted by Gasteiger charge is 2.28. The summed E-state index contributed by atoms with van der Waals surface area (Å²) in [6.45, 7) is 7.93. The van der Waals surface area contributed by atoms with E-state index in [4.69, 9.17) is 9.47 Å². The first-order chi connectivity index (χ1) is 16.3. The van der Waals surface area contributed by atoms with Crippen molar-refractivity contribution in [3.05, 3.63) is 53.6 Å². The fourth-order valence-corrected chi connectivity index (χ4v) is 5.64. The SMILES string of the molecule is CCN(CC)S(=O)(=O)c1ccc(OC)c(C(=O)N2CCN(CCc3ccc(OC)cc3)CC2)c1. The van der Waals surface area contributed by atoms with E-state index in [1.165, 1.54) is 29.1 Å². The molecule has 2 aromatic carbocycles. The van der Waals surface area contributed by atoms with Gasteiger partial charge in [-0.25, -0.2) is 8.42 Å². The van der Waals surface area contributed by atoms with Crippen molar-refractivity contribution >= 4 is 15.9 Å². The summed E-state index contributed by atoms with van der Waals surface area (Å²) in [7, 11) is -0.523. The first-order valence-corrected chi connectivity index (χ1v) is 13.1. The van der Waals surface area contributed by atoms with Crippen molar-refractivity contribution in [2.24, 2.45) is 0 Å². The predicted octanol–water partition coefficient (Wildman–Crippen LogP) is 2.73. The lowest BCUT2D eigenvalue weighted by atomic mass is 10.1. The average Bonchev–Trinajstić information content (AvgIpc) is 2.87. The van der Waals surface area contributed by atoms with Crippen LogP contribution in [0.3, 0.4) is 0 Å². The molecule has 1 aliphatic rings. The monoisotopic (exact) mass is 489 g/mol. The number of hydrogen-bond donors (Lipinski definition) is 0. The molecular formula is C25H35N3O5S. The van der Waals surface area contributed by atoms with Crippen LogP contribution < -0.4 is 9.47 Å². The Morgan fingerprint density at radius 3 is 2.15 bits per heavy atom. The standard InChI is InChI=1S/C25H35N3O5S/c1-5-28(6-2)34(30,31)22-11-12-24(33-4)23(19-22)25(29)27-17-15-26(16-18-27)14-13-20-7-9-21(32-3)10-8-20/h7-12,19H,5-6,13-18H2,1-4H3. The largest absolute Gasteiger partial charge is 0.497 e. The van der Waals surface area contributed by atoms with Gasteiger partial charge in [0.05, 0.1) is 24.7 Å². The Morgan fingerprint density at radius 1 is 0.941 bits per heavy atom. The van der Waals surface area contributed by atoms with Crippen LogP contribution >= 0.6 is 0 Å². The third-order valence-corrected chi connectivity index (χ3v) is 8.33. The van der Waals surface area contributed by atoms with Gasteiger partial charge in [0.15, 0.2) is 0 Å². The van der Waals surface area contributed by atoms with Crippen LogP contribution in [-0.4, -0.2) is 88.5 Å². The molecule has 1 saturated heterocycles. The van der Waals surface area contributed by atoms with Gasteiger partial charge in [0.2, 0.25) is 10.0 Å². The molecule has 8 nitrogen and oxygen atoms in total. The molecule has 0 aliphatic carbocycles. The normalized spacial score (nSPS) is 14.9. The molecule has 0 radical (unpaired) electrons. The summed E-state index contributed by atoms with van der Waals surface area (Å²) < 4.78 is 37.9. The molecule has 1 amide bonds. The topological polar surface area (TPSA) is 79.4 Å². The molecule has 1 fully saturated rings. The molecule has 9 heteroatoms. The van der Waals surface area contributed by atoms with Gasteiger partial charge in [-0.1, -0.05) is 26.0 Å². The summed E-state index contributed by atoms with van der Waals surface area (Å²) >= 11 is 0. The highest BCUT2D eigenvalue weighted by atomic mass is 32.2. The minimum atomic E-state index is -3.67. The Hall–Kier alpha value is -2.62. The van der Waals surface area contributed by atoms with Crippen LogP contribution in [0, 0.1) is 0 Å². The van der Waals surface area contributed by atoms with Gasteiger partial charge in [-0.3, -0.25) is 9.69 Å². The van der Waals surface area contributed by atoms with Gasteiger partial charge in [0, 0.05) is 45.8 Å². The van der Waals surface area contributed by atoms with Crippen LogP contribution in [0.25, 0.3) is 0 Å². The Balaban J connectivity index is 1.65. The second-order valence-corrected chi connectivity index (χ2v) is 10.1. The van der Waals surface area contributed by atoms with E-state index in [1.54, 1.807) is 31.9 Å². The number of amides is 1. The molecule has 0 unspecified atom stereocenters. The predicted molar refractivity (Wildman–Crippen MR) is 132 cm³/mol. The molecule has 0 aromatic heterocycles. The fraction of sp³-hybridized carbons (Fsp3) is 0.480. The molecule has 0 atom stereocenters. The minimum Gasteiger partial charge on any atom is -0.497 e. The summed E-state index contributed by atoms with van der Waals surface area (Å²) in [5.74, 6) is 1.02. The van der Waals surface area contributed by atoms with Crippen molar-refractivity contribution in [2.45, 2.75) is 25.2 Å². The lowest BCUT2D eigenvalue weighted by Gasteiger charge is -2.35. The second kappa shape index (κ2) is 11.7. The molecule has 0 saturated carbocycles. The highest BCUT2D eigenvalue weighted by Crippen LogP contribution is 2.26. The van der Waals surface area contributed by atoms with Gasteiger partial charge in [-0.05, 0) is 42.3 Å². The van der Waals surface area contributed by atoms with Crippen LogP contribution in [0.4, 0.5) is 0 Å². The molecule has 0 bridgehead atoms. The molecule has 186 valence electrons. The number of methoxy groups -OCH3 is 2. The number of rotatable bonds is 10. The zero-order valence-electron chi connectivity index (χ0n) is 20.5. The maximum atomic E-state index is 13.3. The van der Waals surface area contributed by atoms with Crippen LogP contribution in [0.15, 0.2) is 47.4 Å². The van der Waals surface area contributed by atoms with Gasteiger partial charge in [0.25, 0.3) is 5.91 Å². The molecular weight excluding hydrogens is 454 g/mol.